The van der Waals surface area contributed by atoms with E-state index in [1.54, 1.807) is 6.08 Å². The Morgan fingerprint density at radius 3 is 2.26 bits per heavy atom. The molecule has 0 saturated carbocycles. The molecule has 3 aromatic rings. The lowest BCUT2D eigenvalue weighted by Gasteiger charge is -2.10. The van der Waals surface area contributed by atoms with Gasteiger partial charge in [0.1, 0.15) is 34.6 Å². The third-order valence-corrected chi connectivity index (χ3v) is 4.44. The van der Waals surface area contributed by atoms with Crippen LogP contribution in [0.25, 0.3) is 16.8 Å². The van der Waals surface area contributed by atoms with Crippen LogP contribution in [0.2, 0.25) is 0 Å². The minimum absolute atomic E-state index is 0.0578. The smallest absolute Gasteiger partial charge is 0.349 e. The molecule has 0 atom stereocenters. The molecule has 0 unspecified atom stereocenters. The van der Waals surface area contributed by atoms with Crippen molar-refractivity contribution in [2.75, 3.05) is 0 Å². The van der Waals surface area contributed by atoms with Gasteiger partial charge in [-0.3, -0.25) is 0 Å². The molecule has 0 radical (unpaired) electrons. The van der Waals surface area contributed by atoms with E-state index in [0.717, 1.165) is 36.4 Å². The SMILES string of the molecule is C=CCCc1cc(F)c(C(=O)Oc2ccc3c(F)c(C=C(F)F)c(F)cc3c2)c(F)c1. The van der Waals surface area contributed by atoms with Gasteiger partial charge >= 0.3 is 5.97 Å². The van der Waals surface area contributed by atoms with Crippen molar-refractivity contribution in [2.45, 2.75) is 12.8 Å². The molecule has 0 aliphatic heterocycles. The molecule has 3 rings (SSSR count). The molecular weight excluding hydrogens is 422 g/mol. The highest BCUT2D eigenvalue weighted by Gasteiger charge is 2.21. The summed E-state index contributed by atoms with van der Waals surface area (Å²) >= 11 is 0. The first-order chi connectivity index (χ1) is 14.7. The molecular formula is C23H14F6O2. The zero-order valence-corrected chi connectivity index (χ0v) is 15.8. The average molecular weight is 436 g/mol. The molecule has 0 saturated heterocycles. The monoisotopic (exact) mass is 436 g/mol. The number of aryl methyl sites for hydroxylation is 1. The zero-order chi connectivity index (χ0) is 22.7. The molecule has 160 valence electrons. The van der Waals surface area contributed by atoms with Crippen LogP contribution in [0.4, 0.5) is 26.3 Å². The van der Waals surface area contributed by atoms with Gasteiger partial charge in [0.05, 0.1) is 5.56 Å². The third kappa shape index (κ3) is 4.79. The second-order valence-corrected chi connectivity index (χ2v) is 6.55. The van der Waals surface area contributed by atoms with Gasteiger partial charge in [0, 0.05) is 11.5 Å². The highest BCUT2D eigenvalue weighted by Crippen LogP contribution is 2.30. The van der Waals surface area contributed by atoms with Crippen molar-refractivity contribution in [1.29, 1.82) is 0 Å². The normalized spacial score (nSPS) is 10.8. The molecule has 0 spiro atoms. The Bertz CT molecular complexity index is 1190. The Kier molecular flexibility index (Phi) is 6.48. The summed E-state index contributed by atoms with van der Waals surface area (Å²) in [6, 6.07) is 6.01. The standard InChI is InChI=1S/C23H14F6O2/c1-2-3-4-12-7-18(25)21(19(26)8-12)23(30)31-14-5-6-15-13(9-14)10-17(24)16(22(15)29)11-20(27)28/h2,5-11H,1,3-4H2. The van der Waals surface area contributed by atoms with Gasteiger partial charge in [-0.25, -0.2) is 22.4 Å². The van der Waals surface area contributed by atoms with E-state index >= 15 is 0 Å². The number of rotatable bonds is 6. The predicted octanol–water partition coefficient (Wildman–Crippen LogP) is 6.97. The molecule has 8 heteroatoms. The summed E-state index contributed by atoms with van der Waals surface area (Å²) in [7, 11) is 0. The van der Waals surface area contributed by atoms with Crippen LogP contribution in [0.5, 0.6) is 5.75 Å². The summed E-state index contributed by atoms with van der Waals surface area (Å²) in [5, 5.41) is -0.310. The third-order valence-electron chi connectivity index (χ3n) is 4.44. The van der Waals surface area contributed by atoms with Gasteiger partial charge in [0.2, 0.25) is 0 Å². The van der Waals surface area contributed by atoms with Crippen molar-refractivity contribution in [3.63, 3.8) is 0 Å². The second kappa shape index (κ2) is 9.07. The van der Waals surface area contributed by atoms with Crippen molar-refractivity contribution >= 4 is 22.8 Å². The largest absolute Gasteiger partial charge is 0.423 e. The van der Waals surface area contributed by atoms with Crippen molar-refractivity contribution in [3.05, 3.63) is 95.1 Å². The molecule has 0 aliphatic rings. The Labute approximate surface area is 173 Å². The minimum Gasteiger partial charge on any atom is -0.423 e. The molecule has 0 amide bonds. The average Bonchev–Trinajstić information content (AvgIpc) is 2.68. The van der Waals surface area contributed by atoms with Crippen LogP contribution >= 0.6 is 0 Å². The lowest BCUT2D eigenvalue weighted by molar-refractivity contribution is 0.0725. The molecule has 0 heterocycles. The van der Waals surface area contributed by atoms with Crippen molar-refractivity contribution in [1.82, 2.24) is 0 Å². The number of hydrogen-bond donors (Lipinski definition) is 0. The Morgan fingerprint density at radius 2 is 1.65 bits per heavy atom. The number of carbonyl (C=O) groups is 1. The summed E-state index contributed by atoms with van der Waals surface area (Å²) in [4.78, 5) is 12.3. The maximum absolute atomic E-state index is 14.4. The fraction of sp³-hybridized carbons (Fsp3) is 0.0870. The fourth-order valence-electron chi connectivity index (χ4n) is 3.02. The van der Waals surface area contributed by atoms with E-state index < -0.39 is 46.4 Å². The summed E-state index contributed by atoms with van der Waals surface area (Å²) in [6.07, 6.45) is 0.182. The topological polar surface area (TPSA) is 26.3 Å². The number of allylic oxidation sites excluding steroid dienone is 1. The van der Waals surface area contributed by atoms with E-state index in [1.807, 2.05) is 0 Å². The number of ether oxygens (including phenoxy) is 1. The van der Waals surface area contributed by atoms with Crippen LogP contribution in [-0.2, 0) is 6.42 Å². The van der Waals surface area contributed by atoms with Crippen LogP contribution in [0.1, 0.15) is 27.9 Å². The van der Waals surface area contributed by atoms with E-state index in [9.17, 15) is 31.1 Å². The van der Waals surface area contributed by atoms with E-state index in [4.69, 9.17) is 4.74 Å². The Balaban J connectivity index is 1.92. The van der Waals surface area contributed by atoms with E-state index in [2.05, 4.69) is 6.58 Å². The number of fused-ring (bicyclic) bond motifs is 1. The number of benzene rings is 3. The van der Waals surface area contributed by atoms with E-state index in [0.29, 0.717) is 18.4 Å². The molecule has 0 N–H and O–H groups in total. The maximum Gasteiger partial charge on any atom is 0.349 e. The van der Waals surface area contributed by atoms with E-state index in [1.165, 1.54) is 0 Å². The summed E-state index contributed by atoms with van der Waals surface area (Å²) in [5.41, 5.74) is -1.51. The van der Waals surface area contributed by atoms with Crippen LogP contribution in [0.3, 0.4) is 0 Å². The van der Waals surface area contributed by atoms with Gasteiger partial charge in [-0.05, 0) is 60.2 Å². The van der Waals surface area contributed by atoms with Crippen LogP contribution < -0.4 is 4.74 Å². The summed E-state index contributed by atoms with van der Waals surface area (Å²) in [5.74, 6) is -6.31. The minimum atomic E-state index is -2.28. The molecule has 0 aliphatic carbocycles. The van der Waals surface area contributed by atoms with Crippen molar-refractivity contribution < 1.29 is 35.9 Å². The number of esters is 1. The van der Waals surface area contributed by atoms with Crippen molar-refractivity contribution in [3.8, 4) is 5.75 Å². The first-order valence-electron chi connectivity index (χ1n) is 8.96. The Morgan fingerprint density at radius 1 is 0.968 bits per heavy atom. The molecule has 0 fully saturated rings. The molecule has 2 nitrogen and oxygen atoms in total. The maximum atomic E-state index is 14.4. The van der Waals surface area contributed by atoms with Gasteiger partial charge in [0.25, 0.3) is 6.08 Å². The number of hydrogen-bond acceptors (Lipinski definition) is 2. The van der Waals surface area contributed by atoms with Gasteiger partial charge in [-0.15, -0.1) is 6.58 Å². The summed E-state index contributed by atoms with van der Waals surface area (Å²) in [6.45, 7) is 3.52. The predicted molar refractivity (Wildman–Crippen MR) is 104 cm³/mol. The first kappa shape index (κ1) is 22.1. The van der Waals surface area contributed by atoms with Crippen LogP contribution in [0.15, 0.2) is 55.1 Å². The Hall–Kier alpha value is -3.55. The summed E-state index contributed by atoms with van der Waals surface area (Å²) < 4.78 is 86.6. The van der Waals surface area contributed by atoms with Gasteiger partial charge in [-0.1, -0.05) is 6.08 Å². The molecule has 0 bridgehead atoms. The fourth-order valence-corrected chi connectivity index (χ4v) is 3.02. The quantitative estimate of drug-likeness (QED) is 0.181. The number of halogens is 6. The first-order valence-corrected chi connectivity index (χ1v) is 8.96. The van der Waals surface area contributed by atoms with Gasteiger partial charge in [0.15, 0.2) is 0 Å². The number of carbonyl (C=O) groups excluding carboxylic acids is 1. The molecule has 31 heavy (non-hydrogen) atoms. The second-order valence-electron chi connectivity index (χ2n) is 6.55. The molecule has 0 aromatic heterocycles. The van der Waals surface area contributed by atoms with Gasteiger partial charge < -0.3 is 4.74 Å². The van der Waals surface area contributed by atoms with Crippen molar-refractivity contribution in [2.24, 2.45) is 0 Å². The van der Waals surface area contributed by atoms with Crippen LogP contribution in [0, 0.1) is 23.3 Å². The molecule has 3 aromatic carbocycles. The van der Waals surface area contributed by atoms with Gasteiger partial charge in [-0.2, -0.15) is 8.78 Å². The highest BCUT2D eigenvalue weighted by molar-refractivity contribution is 5.93. The van der Waals surface area contributed by atoms with E-state index in [-0.39, 0.29) is 22.6 Å². The lowest BCUT2D eigenvalue weighted by atomic mass is 10.0. The lowest BCUT2D eigenvalue weighted by Crippen LogP contribution is -2.14. The van der Waals surface area contributed by atoms with Crippen LogP contribution in [-0.4, -0.2) is 5.97 Å². The highest BCUT2D eigenvalue weighted by atomic mass is 19.3. The zero-order valence-electron chi connectivity index (χ0n) is 15.8.